The molecule has 2 aliphatic rings. The first-order chi connectivity index (χ1) is 15.0. The molecule has 3 heterocycles. The fourth-order valence-corrected chi connectivity index (χ4v) is 5.64. The van der Waals surface area contributed by atoms with E-state index in [4.69, 9.17) is 17.0 Å². The number of nitrogens with one attached hydrogen (secondary N) is 1. The quantitative estimate of drug-likeness (QED) is 0.504. The van der Waals surface area contributed by atoms with Gasteiger partial charge in [0, 0.05) is 36.6 Å². The van der Waals surface area contributed by atoms with Crippen LogP contribution in [0.5, 0.6) is 0 Å². The molecular weight excluding hydrogens is 408 g/mol. The van der Waals surface area contributed by atoms with Crippen molar-refractivity contribution in [3.05, 3.63) is 53.1 Å². The lowest BCUT2D eigenvalue weighted by Gasteiger charge is -2.28. The summed E-state index contributed by atoms with van der Waals surface area (Å²) in [6.07, 6.45) is 8.04. The molecule has 1 aliphatic heterocycles. The second kappa shape index (κ2) is 9.39. The van der Waals surface area contributed by atoms with E-state index in [0.29, 0.717) is 25.4 Å². The molecule has 2 aromatic rings. The molecule has 31 heavy (non-hydrogen) atoms. The van der Waals surface area contributed by atoms with Gasteiger partial charge in [0.15, 0.2) is 5.11 Å². The Morgan fingerprint density at radius 3 is 2.74 bits per heavy atom. The third-order valence-electron chi connectivity index (χ3n) is 6.74. The average molecular weight is 441 g/mol. The molecule has 1 saturated carbocycles. The minimum Gasteiger partial charge on any atom is -0.469 e. The van der Waals surface area contributed by atoms with Crippen LogP contribution in [0.15, 0.2) is 30.5 Å². The molecule has 0 amide bonds. The molecular formula is C24H32N4O2S. The van der Waals surface area contributed by atoms with E-state index in [1.165, 1.54) is 49.7 Å². The Hall–Kier alpha value is -2.41. The van der Waals surface area contributed by atoms with E-state index in [1.54, 1.807) is 0 Å². The number of carbonyl (C=O) groups excluding carboxylic acids is 1. The molecule has 0 unspecified atom stereocenters. The third kappa shape index (κ3) is 4.33. The topological polar surface area (TPSA) is 59.4 Å². The van der Waals surface area contributed by atoms with Crippen molar-refractivity contribution in [1.29, 1.82) is 0 Å². The lowest BCUT2D eigenvalue weighted by atomic mass is 9.96. The van der Waals surface area contributed by atoms with E-state index in [1.807, 2.05) is 18.3 Å². The second-order valence-electron chi connectivity index (χ2n) is 8.63. The lowest BCUT2D eigenvalue weighted by molar-refractivity contribution is -0.140. The van der Waals surface area contributed by atoms with Crippen LogP contribution in [-0.2, 0) is 9.53 Å². The van der Waals surface area contributed by atoms with E-state index >= 15 is 0 Å². The van der Waals surface area contributed by atoms with Gasteiger partial charge >= 0.3 is 5.97 Å². The molecule has 0 spiro atoms. The van der Waals surface area contributed by atoms with Gasteiger partial charge in [-0.25, -0.2) is 0 Å². The van der Waals surface area contributed by atoms with Crippen molar-refractivity contribution in [2.45, 2.75) is 70.5 Å². The van der Waals surface area contributed by atoms with Crippen molar-refractivity contribution in [1.82, 2.24) is 19.8 Å². The van der Waals surface area contributed by atoms with Crippen LogP contribution in [0, 0.1) is 13.8 Å². The Bertz CT molecular complexity index is 937. The van der Waals surface area contributed by atoms with Crippen molar-refractivity contribution < 1.29 is 9.53 Å². The summed E-state index contributed by atoms with van der Waals surface area (Å²) in [4.78, 5) is 18.5. The van der Waals surface area contributed by atoms with Gasteiger partial charge in [0.25, 0.3) is 0 Å². The number of aromatic nitrogens is 2. The maximum atomic E-state index is 11.7. The first-order valence-corrected chi connectivity index (χ1v) is 11.6. The number of nitrogens with zero attached hydrogens (tertiary/aromatic N) is 3. The highest BCUT2D eigenvalue weighted by Gasteiger charge is 2.41. The van der Waals surface area contributed by atoms with Gasteiger partial charge in [0.05, 0.1) is 24.9 Å². The predicted molar refractivity (Wildman–Crippen MR) is 125 cm³/mol. The largest absolute Gasteiger partial charge is 0.469 e. The van der Waals surface area contributed by atoms with Crippen LogP contribution in [0.3, 0.4) is 0 Å². The average Bonchev–Trinajstić information content (AvgIpc) is 3.47. The van der Waals surface area contributed by atoms with Crippen LogP contribution in [0.1, 0.15) is 79.3 Å². The van der Waals surface area contributed by atoms with Crippen molar-refractivity contribution >= 4 is 23.3 Å². The first kappa shape index (κ1) is 21.8. The van der Waals surface area contributed by atoms with Gasteiger partial charge < -0.3 is 19.5 Å². The molecule has 166 valence electrons. The van der Waals surface area contributed by atoms with Gasteiger partial charge in [-0.15, -0.1) is 0 Å². The third-order valence-corrected chi connectivity index (χ3v) is 7.09. The summed E-state index contributed by atoms with van der Waals surface area (Å²) in [6.45, 7) is 5.15. The molecule has 6 nitrogen and oxygen atoms in total. The zero-order valence-corrected chi connectivity index (χ0v) is 19.5. The molecule has 1 N–H and O–H groups in total. The standard InChI is InChI=1S/C24H32N4O2S/c1-16-15-19(17(2)28(16)18-9-4-5-10-18)23-22(20-11-6-7-13-25-20)26-24(31)27(23)14-8-12-21(29)30-3/h6-7,11,13,15,18,22-23H,4-5,8-10,12,14H2,1-3H3,(H,26,31)/t22-,23+/m1/s1. The molecule has 2 fully saturated rings. The fourth-order valence-electron chi connectivity index (χ4n) is 5.31. The maximum absolute atomic E-state index is 11.7. The van der Waals surface area contributed by atoms with Gasteiger partial charge in [-0.05, 0) is 69.1 Å². The van der Waals surface area contributed by atoms with Crippen LogP contribution < -0.4 is 5.32 Å². The number of pyridine rings is 1. The molecule has 2 atom stereocenters. The molecule has 7 heteroatoms. The smallest absolute Gasteiger partial charge is 0.305 e. The number of ether oxygens (including phenoxy) is 1. The first-order valence-electron chi connectivity index (χ1n) is 11.2. The van der Waals surface area contributed by atoms with Crippen LogP contribution in [-0.4, -0.2) is 39.2 Å². The van der Waals surface area contributed by atoms with Gasteiger partial charge in [-0.3, -0.25) is 9.78 Å². The summed E-state index contributed by atoms with van der Waals surface area (Å²) in [5.74, 6) is -0.185. The van der Waals surface area contributed by atoms with Crippen molar-refractivity contribution in [2.75, 3.05) is 13.7 Å². The van der Waals surface area contributed by atoms with Crippen molar-refractivity contribution in [2.24, 2.45) is 0 Å². The Morgan fingerprint density at radius 2 is 2.06 bits per heavy atom. The zero-order chi connectivity index (χ0) is 22.0. The molecule has 0 bridgehead atoms. The summed E-state index contributed by atoms with van der Waals surface area (Å²) in [5.41, 5.74) is 4.91. The van der Waals surface area contributed by atoms with Gasteiger partial charge in [-0.2, -0.15) is 0 Å². The minimum atomic E-state index is -0.185. The minimum absolute atomic E-state index is 0.0237. The summed E-state index contributed by atoms with van der Waals surface area (Å²) < 4.78 is 7.35. The molecule has 4 rings (SSSR count). The Kier molecular flexibility index (Phi) is 6.60. The number of rotatable bonds is 7. The van der Waals surface area contributed by atoms with Crippen LogP contribution in [0.4, 0.5) is 0 Å². The van der Waals surface area contributed by atoms with Crippen LogP contribution >= 0.6 is 12.2 Å². The SMILES string of the molecule is COC(=O)CCCN1C(=S)N[C@H](c2ccccn2)[C@@H]1c1cc(C)n(C2CCCC2)c1C. The molecule has 0 radical (unpaired) electrons. The van der Waals surface area contributed by atoms with Crippen LogP contribution in [0.2, 0.25) is 0 Å². The summed E-state index contributed by atoms with van der Waals surface area (Å²) in [7, 11) is 1.43. The second-order valence-corrected chi connectivity index (χ2v) is 9.02. The van der Waals surface area contributed by atoms with Gasteiger partial charge in [0.1, 0.15) is 0 Å². The van der Waals surface area contributed by atoms with E-state index in [0.717, 1.165) is 10.8 Å². The number of carbonyl (C=O) groups is 1. The van der Waals surface area contributed by atoms with E-state index < -0.39 is 0 Å². The molecule has 1 aliphatic carbocycles. The predicted octanol–water partition coefficient (Wildman–Crippen LogP) is 4.54. The normalized spacial score (nSPS) is 21.5. The maximum Gasteiger partial charge on any atom is 0.305 e. The number of methoxy groups -OCH3 is 1. The Morgan fingerprint density at radius 1 is 1.29 bits per heavy atom. The fraction of sp³-hybridized carbons (Fsp3) is 0.542. The Balaban J connectivity index is 1.69. The highest BCUT2D eigenvalue weighted by atomic mass is 32.1. The highest BCUT2D eigenvalue weighted by molar-refractivity contribution is 7.80. The summed E-state index contributed by atoms with van der Waals surface area (Å²) >= 11 is 5.76. The van der Waals surface area contributed by atoms with Gasteiger partial charge in [-0.1, -0.05) is 18.9 Å². The van der Waals surface area contributed by atoms with E-state index in [2.05, 4.69) is 45.7 Å². The van der Waals surface area contributed by atoms with Crippen molar-refractivity contribution in [3.63, 3.8) is 0 Å². The highest BCUT2D eigenvalue weighted by Crippen LogP contribution is 2.43. The van der Waals surface area contributed by atoms with Crippen LogP contribution in [0.25, 0.3) is 0 Å². The monoisotopic (exact) mass is 440 g/mol. The molecule has 2 aromatic heterocycles. The lowest BCUT2D eigenvalue weighted by Crippen LogP contribution is -2.31. The van der Waals surface area contributed by atoms with Gasteiger partial charge in [0.2, 0.25) is 0 Å². The van der Waals surface area contributed by atoms with E-state index in [9.17, 15) is 4.79 Å². The summed E-state index contributed by atoms with van der Waals surface area (Å²) in [6, 6.07) is 8.96. The number of esters is 1. The van der Waals surface area contributed by atoms with E-state index in [-0.39, 0.29) is 18.1 Å². The zero-order valence-electron chi connectivity index (χ0n) is 18.6. The molecule has 0 aromatic carbocycles. The Labute approximate surface area is 190 Å². The number of hydrogen-bond acceptors (Lipinski definition) is 4. The summed E-state index contributed by atoms with van der Waals surface area (Å²) in [5, 5.41) is 4.23. The number of hydrogen-bond donors (Lipinski definition) is 1. The molecule has 1 saturated heterocycles. The number of aryl methyl sites for hydroxylation is 1. The van der Waals surface area contributed by atoms with Crippen molar-refractivity contribution in [3.8, 4) is 0 Å². The number of thiocarbonyl (C=S) groups is 1.